The summed E-state index contributed by atoms with van der Waals surface area (Å²) in [5.74, 6) is 0. The molecule has 38 valence electrons. The van der Waals surface area contributed by atoms with Gasteiger partial charge in [-0.05, 0) is 0 Å². The van der Waals surface area contributed by atoms with Crippen LogP contribution < -0.4 is 17.3 Å². The van der Waals surface area contributed by atoms with Gasteiger partial charge in [0, 0.05) is 0 Å². The highest BCUT2D eigenvalue weighted by Crippen LogP contribution is 1.63. The first kappa shape index (κ1) is 6.21. The first-order valence-electron chi connectivity index (χ1n) is 1.78. The Bertz CT molecular complexity index is 37.8. The molecule has 1 heterocycles. The van der Waals surface area contributed by atoms with Crippen LogP contribution in [0, 0.1) is 0 Å². The lowest BCUT2D eigenvalue weighted by atomic mass is 10.8. The third-order valence-corrected chi connectivity index (χ3v) is 0.697. The standard InChI is InChI=1S/C3H7NO.ClH/c1-4-2-5-3-4;/h2-3H2,1H3;1H. The monoisotopic (exact) mass is 109 g/mol. The fraction of sp³-hybridized carbons (Fsp3) is 1.00. The molecule has 0 atom stereocenters. The van der Waals surface area contributed by atoms with Gasteiger partial charge in [0.25, 0.3) is 0 Å². The second-order valence-electron chi connectivity index (χ2n) is 1.45. The molecule has 6 heavy (non-hydrogen) atoms. The molecule has 1 fully saturated rings. The maximum Gasteiger partial charge on any atom is 0.188 e. The predicted molar refractivity (Wildman–Crippen MR) is 17.7 cm³/mol. The molecule has 0 aromatic rings. The summed E-state index contributed by atoms with van der Waals surface area (Å²) in [4.78, 5) is 1.46. The zero-order valence-electron chi connectivity index (χ0n) is 3.70. The fourth-order valence-corrected chi connectivity index (χ4v) is 0.306. The molecule has 1 N–H and O–H groups in total. The van der Waals surface area contributed by atoms with Crippen LogP contribution in [0.3, 0.4) is 0 Å². The van der Waals surface area contributed by atoms with Crippen LogP contribution in [0.4, 0.5) is 0 Å². The number of ether oxygens (including phenoxy) is 1. The summed E-state index contributed by atoms with van der Waals surface area (Å²) in [7, 11) is 2.10. The maximum absolute atomic E-state index is 4.80. The van der Waals surface area contributed by atoms with Crippen LogP contribution in [0.5, 0.6) is 0 Å². The molecule has 0 radical (unpaired) electrons. The maximum atomic E-state index is 4.80. The van der Waals surface area contributed by atoms with Gasteiger partial charge in [0.05, 0.1) is 7.05 Å². The molecule has 1 aliphatic rings. The van der Waals surface area contributed by atoms with Crippen LogP contribution in [-0.2, 0) is 4.74 Å². The molecule has 0 amide bonds. The molecule has 0 saturated carbocycles. The largest absolute Gasteiger partial charge is 1.00 e. The van der Waals surface area contributed by atoms with Crippen molar-refractivity contribution < 1.29 is 22.0 Å². The molecule has 0 unspecified atom stereocenters. The average molecular weight is 110 g/mol. The number of halogens is 1. The van der Waals surface area contributed by atoms with Crippen LogP contribution in [-0.4, -0.2) is 20.5 Å². The molecule has 0 aromatic heterocycles. The molecule has 2 nitrogen and oxygen atoms in total. The van der Waals surface area contributed by atoms with Gasteiger partial charge >= 0.3 is 0 Å². The highest BCUT2D eigenvalue weighted by atomic mass is 35.5. The van der Waals surface area contributed by atoms with Crippen molar-refractivity contribution in [2.45, 2.75) is 0 Å². The Morgan fingerprint density at radius 3 is 1.83 bits per heavy atom. The van der Waals surface area contributed by atoms with E-state index in [1.54, 1.807) is 0 Å². The number of nitrogens with one attached hydrogen (secondary N) is 1. The van der Waals surface area contributed by atoms with Crippen LogP contribution in [0.15, 0.2) is 0 Å². The normalized spacial score (nSPS) is 21.5. The summed E-state index contributed by atoms with van der Waals surface area (Å²) in [6, 6.07) is 0. The highest BCUT2D eigenvalue weighted by Gasteiger charge is 2.09. The van der Waals surface area contributed by atoms with Crippen molar-refractivity contribution in [1.29, 1.82) is 0 Å². The molecule has 1 saturated heterocycles. The zero-order chi connectivity index (χ0) is 3.70. The van der Waals surface area contributed by atoms with Gasteiger partial charge in [-0.2, -0.15) is 0 Å². The van der Waals surface area contributed by atoms with Crippen LogP contribution >= 0.6 is 0 Å². The first-order valence-corrected chi connectivity index (χ1v) is 1.78. The van der Waals surface area contributed by atoms with Crippen molar-refractivity contribution >= 4 is 0 Å². The van der Waals surface area contributed by atoms with E-state index in [-0.39, 0.29) is 12.4 Å². The number of rotatable bonds is 0. The Morgan fingerprint density at radius 1 is 1.50 bits per heavy atom. The van der Waals surface area contributed by atoms with Crippen molar-refractivity contribution in [2.75, 3.05) is 20.5 Å². The Morgan fingerprint density at radius 2 is 1.83 bits per heavy atom. The van der Waals surface area contributed by atoms with Gasteiger partial charge in [-0.3, -0.25) is 9.64 Å². The topological polar surface area (TPSA) is 13.7 Å². The van der Waals surface area contributed by atoms with Crippen LogP contribution in [0.25, 0.3) is 0 Å². The lowest BCUT2D eigenvalue weighted by Gasteiger charge is -2.21. The molecule has 0 aromatic carbocycles. The third-order valence-electron chi connectivity index (χ3n) is 0.697. The van der Waals surface area contributed by atoms with E-state index in [2.05, 4.69) is 7.05 Å². The Hall–Kier alpha value is 0.210. The van der Waals surface area contributed by atoms with Gasteiger partial charge in [0.15, 0.2) is 13.5 Å². The van der Waals surface area contributed by atoms with Gasteiger partial charge in [0.2, 0.25) is 0 Å². The Labute approximate surface area is 43.5 Å². The zero-order valence-corrected chi connectivity index (χ0v) is 4.46. The highest BCUT2D eigenvalue weighted by molar-refractivity contribution is 4.04. The second kappa shape index (κ2) is 2.39. The van der Waals surface area contributed by atoms with Crippen LogP contribution in [0.1, 0.15) is 0 Å². The second-order valence-corrected chi connectivity index (χ2v) is 1.45. The molecule has 0 bridgehead atoms. The quantitative estimate of drug-likeness (QED) is 0.331. The van der Waals surface area contributed by atoms with Crippen molar-refractivity contribution in [1.82, 2.24) is 0 Å². The minimum absolute atomic E-state index is 0. The van der Waals surface area contributed by atoms with Crippen molar-refractivity contribution in [2.24, 2.45) is 0 Å². The number of hydrogen-bond donors (Lipinski definition) is 1. The molecule has 1 rings (SSSR count). The van der Waals surface area contributed by atoms with Gasteiger partial charge < -0.3 is 12.4 Å². The van der Waals surface area contributed by atoms with Gasteiger partial charge in [-0.25, -0.2) is 0 Å². The number of quaternary nitrogens is 1. The van der Waals surface area contributed by atoms with E-state index < -0.39 is 0 Å². The van der Waals surface area contributed by atoms with Crippen LogP contribution in [0.2, 0.25) is 0 Å². The summed E-state index contributed by atoms with van der Waals surface area (Å²) in [6.07, 6.45) is 0. The van der Waals surface area contributed by atoms with E-state index in [0.717, 1.165) is 13.5 Å². The number of hydrogen-bond acceptors (Lipinski definition) is 1. The molecule has 1 aliphatic heterocycles. The van der Waals surface area contributed by atoms with Crippen molar-refractivity contribution in [3.63, 3.8) is 0 Å². The summed E-state index contributed by atoms with van der Waals surface area (Å²) in [5.41, 5.74) is 0. The minimum Gasteiger partial charge on any atom is -1.00 e. The lowest BCUT2D eigenvalue weighted by molar-refractivity contribution is -0.987. The average Bonchev–Trinajstić information content (AvgIpc) is 1.30. The Balaban J connectivity index is 0.000000250. The lowest BCUT2D eigenvalue weighted by Crippen LogP contribution is -3.16. The molecule has 3 heteroatoms. The smallest absolute Gasteiger partial charge is 0.188 e. The van der Waals surface area contributed by atoms with E-state index in [9.17, 15) is 0 Å². The van der Waals surface area contributed by atoms with E-state index in [1.807, 2.05) is 0 Å². The van der Waals surface area contributed by atoms with Crippen molar-refractivity contribution in [3.8, 4) is 0 Å². The summed E-state index contributed by atoms with van der Waals surface area (Å²) < 4.78 is 4.80. The van der Waals surface area contributed by atoms with Gasteiger partial charge in [-0.15, -0.1) is 0 Å². The summed E-state index contributed by atoms with van der Waals surface area (Å²) >= 11 is 0. The first-order chi connectivity index (χ1) is 2.39. The van der Waals surface area contributed by atoms with Gasteiger partial charge in [-0.1, -0.05) is 0 Å². The van der Waals surface area contributed by atoms with E-state index in [1.165, 1.54) is 4.90 Å². The summed E-state index contributed by atoms with van der Waals surface area (Å²) in [5, 5.41) is 0. The van der Waals surface area contributed by atoms with Crippen molar-refractivity contribution in [3.05, 3.63) is 0 Å². The molecule has 0 aliphatic carbocycles. The van der Waals surface area contributed by atoms with Gasteiger partial charge in [0.1, 0.15) is 0 Å². The van der Waals surface area contributed by atoms with E-state index in [0.29, 0.717) is 0 Å². The molecular weight excluding hydrogens is 101 g/mol. The minimum atomic E-state index is 0. The SMILES string of the molecule is C[NH+]1COC1.[Cl-]. The Kier molecular flexibility index (Phi) is 2.48. The van der Waals surface area contributed by atoms with E-state index >= 15 is 0 Å². The van der Waals surface area contributed by atoms with E-state index in [4.69, 9.17) is 4.74 Å². The fourth-order valence-electron chi connectivity index (χ4n) is 0.306. The predicted octanol–water partition coefficient (Wildman–Crippen LogP) is -4.55. The summed E-state index contributed by atoms with van der Waals surface area (Å²) in [6.45, 7) is 1.81. The third kappa shape index (κ3) is 1.12. The molecular formula is C3H8ClNO. The molecule has 0 spiro atoms.